The van der Waals surface area contributed by atoms with Crippen molar-refractivity contribution in [3.63, 3.8) is 0 Å². The predicted molar refractivity (Wildman–Crippen MR) is 88.4 cm³/mol. The summed E-state index contributed by atoms with van der Waals surface area (Å²) < 4.78 is 90.9. The fourth-order valence-electron chi connectivity index (χ4n) is 2.90. The van der Waals surface area contributed by atoms with E-state index in [4.69, 9.17) is 0 Å². The number of rotatable bonds is 4. The molecule has 152 valence electrons. The van der Waals surface area contributed by atoms with Crippen LogP contribution in [0.4, 0.5) is 30.7 Å². The third kappa shape index (κ3) is 7.09. The first-order valence-corrected chi connectivity index (χ1v) is 7.46. The molecule has 1 heterocycles. The lowest BCUT2D eigenvalue weighted by molar-refractivity contribution is -0.141. The van der Waals surface area contributed by atoms with Crippen LogP contribution >= 0.6 is 24.8 Å². The number of hydrogen-bond donors (Lipinski definition) is 1. The van der Waals surface area contributed by atoms with Gasteiger partial charge in [-0.05, 0) is 30.2 Å². The molecule has 2 nitrogen and oxygen atoms in total. The zero-order valence-electron chi connectivity index (χ0n) is 13.5. The van der Waals surface area contributed by atoms with Gasteiger partial charge in [0.25, 0.3) is 0 Å². The van der Waals surface area contributed by atoms with Crippen molar-refractivity contribution >= 4 is 24.8 Å². The molecule has 1 aromatic rings. The third-order valence-corrected chi connectivity index (χ3v) is 3.97. The topological polar surface area (TPSA) is 15.3 Å². The number of nitrogens with zero attached hydrogens (tertiary/aromatic N) is 1. The van der Waals surface area contributed by atoms with Crippen LogP contribution in [0.15, 0.2) is 18.2 Å². The molecule has 1 aliphatic heterocycles. The van der Waals surface area contributed by atoms with Gasteiger partial charge in [-0.3, -0.25) is 4.90 Å². The molecule has 0 aliphatic carbocycles. The molecule has 2 rings (SSSR count). The van der Waals surface area contributed by atoms with Gasteiger partial charge >= 0.3 is 12.4 Å². The number of alkyl halides is 6. The maximum atomic E-state index is 13.5. The standard InChI is InChI=1S/C15H17F7N2.2ClH/c16-10-1-2-12(15(20,21)22)11(9-10)13(3-4-14(17,18)19)24-7-5-23-6-8-24;;/h1-2,9,13,23H,3-8H2;2*1H/t13-;;/m0../s1. The first kappa shape index (κ1) is 25.2. The Kier molecular flexibility index (Phi) is 9.67. The van der Waals surface area contributed by atoms with Gasteiger partial charge in [-0.25, -0.2) is 4.39 Å². The van der Waals surface area contributed by atoms with Crippen LogP contribution in [-0.4, -0.2) is 37.3 Å². The Morgan fingerprint density at radius 2 is 1.58 bits per heavy atom. The van der Waals surface area contributed by atoms with E-state index in [9.17, 15) is 30.7 Å². The van der Waals surface area contributed by atoms with E-state index in [0.29, 0.717) is 44.4 Å². The summed E-state index contributed by atoms with van der Waals surface area (Å²) >= 11 is 0. The van der Waals surface area contributed by atoms with Crippen molar-refractivity contribution in [2.24, 2.45) is 0 Å². The van der Waals surface area contributed by atoms with Gasteiger partial charge in [0.1, 0.15) is 5.82 Å². The summed E-state index contributed by atoms with van der Waals surface area (Å²) in [5.41, 5.74) is -1.52. The Morgan fingerprint density at radius 1 is 1.00 bits per heavy atom. The van der Waals surface area contributed by atoms with E-state index in [1.54, 1.807) is 4.90 Å². The maximum Gasteiger partial charge on any atom is 0.416 e. The molecule has 0 saturated carbocycles. The molecule has 11 heteroatoms. The van der Waals surface area contributed by atoms with Gasteiger partial charge in [0.15, 0.2) is 0 Å². The van der Waals surface area contributed by atoms with Crippen LogP contribution in [0.1, 0.15) is 30.0 Å². The normalized spacial score (nSPS) is 17.2. The Hall–Kier alpha value is -0.770. The first-order chi connectivity index (χ1) is 11.1. The molecule has 1 atom stereocenters. The molecule has 1 saturated heterocycles. The van der Waals surface area contributed by atoms with Crippen molar-refractivity contribution < 1.29 is 30.7 Å². The fourth-order valence-corrected chi connectivity index (χ4v) is 2.90. The first-order valence-electron chi connectivity index (χ1n) is 7.46. The number of piperazine rings is 1. The van der Waals surface area contributed by atoms with Gasteiger partial charge in [0, 0.05) is 38.6 Å². The van der Waals surface area contributed by atoms with Crippen molar-refractivity contribution in [2.75, 3.05) is 26.2 Å². The van der Waals surface area contributed by atoms with Crippen LogP contribution < -0.4 is 5.32 Å². The predicted octanol–water partition coefficient (Wildman–Crippen LogP) is 4.98. The van der Waals surface area contributed by atoms with E-state index in [1.165, 1.54) is 0 Å². The molecular weight excluding hydrogens is 412 g/mol. The van der Waals surface area contributed by atoms with Crippen LogP contribution in [0.3, 0.4) is 0 Å². The van der Waals surface area contributed by atoms with Gasteiger partial charge in [0.2, 0.25) is 0 Å². The van der Waals surface area contributed by atoms with Gasteiger partial charge in [0.05, 0.1) is 5.56 Å². The SMILES string of the molecule is Cl.Cl.Fc1ccc(C(F)(F)F)c([C@H](CCC(F)(F)F)N2CCNCC2)c1. The molecule has 0 amide bonds. The van der Waals surface area contributed by atoms with E-state index in [2.05, 4.69) is 5.32 Å². The van der Waals surface area contributed by atoms with E-state index in [0.717, 1.165) is 0 Å². The Bertz CT molecular complexity index is 558. The van der Waals surface area contributed by atoms with Crippen LogP contribution in [0, 0.1) is 5.82 Å². The molecule has 26 heavy (non-hydrogen) atoms. The molecule has 0 radical (unpaired) electrons. The highest BCUT2D eigenvalue weighted by molar-refractivity contribution is 5.85. The lowest BCUT2D eigenvalue weighted by atomic mass is 9.94. The summed E-state index contributed by atoms with van der Waals surface area (Å²) in [6, 6.07) is 0.825. The number of benzene rings is 1. The van der Waals surface area contributed by atoms with Crippen LogP contribution in [0.25, 0.3) is 0 Å². The number of halogens is 9. The summed E-state index contributed by atoms with van der Waals surface area (Å²) in [5, 5.41) is 2.99. The van der Waals surface area contributed by atoms with Crippen molar-refractivity contribution in [3.8, 4) is 0 Å². The highest BCUT2D eigenvalue weighted by Crippen LogP contribution is 2.39. The molecule has 1 aliphatic rings. The summed E-state index contributed by atoms with van der Waals surface area (Å²) in [7, 11) is 0. The minimum atomic E-state index is -4.76. The second-order valence-electron chi connectivity index (χ2n) is 5.68. The zero-order chi connectivity index (χ0) is 18.0. The Labute approximate surface area is 158 Å². The fraction of sp³-hybridized carbons (Fsp3) is 0.600. The Balaban J connectivity index is 0.00000312. The van der Waals surface area contributed by atoms with Crippen LogP contribution in [0.5, 0.6) is 0 Å². The minimum Gasteiger partial charge on any atom is -0.314 e. The van der Waals surface area contributed by atoms with E-state index in [1.807, 2.05) is 0 Å². The highest BCUT2D eigenvalue weighted by Gasteiger charge is 2.38. The van der Waals surface area contributed by atoms with Crippen LogP contribution in [0.2, 0.25) is 0 Å². The Morgan fingerprint density at radius 3 is 2.08 bits per heavy atom. The summed E-state index contributed by atoms with van der Waals surface area (Å²) in [6.07, 6.45) is -11.0. The third-order valence-electron chi connectivity index (χ3n) is 3.97. The van der Waals surface area contributed by atoms with Crippen molar-refractivity contribution in [3.05, 3.63) is 35.1 Å². The van der Waals surface area contributed by atoms with Crippen molar-refractivity contribution in [1.82, 2.24) is 10.2 Å². The van der Waals surface area contributed by atoms with Crippen molar-refractivity contribution in [1.29, 1.82) is 0 Å². The molecule has 0 bridgehead atoms. The number of nitrogens with one attached hydrogen (secondary N) is 1. The molecule has 0 unspecified atom stereocenters. The lowest BCUT2D eigenvalue weighted by Gasteiger charge is -2.36. The van der Waals surface area contributed by atoms with Gasteiger partial charge in [-0.2, -0.15) is 26.3 Å². The average Bonchev–Trinajstić information content (AvgIpc) is 2.46. The van der Waals surface area contributed by atoms with Crippen molar-refractivity contribution in [2.45, 2.75) is 31.2 Å². The molecular formula is C15H19Cl2F7N2. The second kappa shape index (κ2) is 9.96. The molecule has 0 aromatic heterocycles. The summed E-state index contributed by atoms with van der Waals surface area (Å²) in [6.45, 7) is 1.52. The monoisotopic (exact) mass is 430 g/mol. The van der Waals surface area contributed by atoms with E-state index in [-0.39, 0.29) is 24.8 Å². The largest absolute Gasteiger partial charge is 0.416 e. The minimum absolute atomic E-state index is 0. The average molecular weight is 431 g/mol. The zero-order valence-corrected chi connectivity index (χ0v) is 15.1. The highest BCUT2D eigenvalue weighted by atomic mass is 35.5. The van der Waals surface area contributed by atoms with Gasteiger partial charge < -0.3 is 5.32 Å². The van der Waals surface area contributed by atoms with Gasteiger partial charge in [-0.15, -0.1) is 24.8 Å². The summed E-state index contributed by atoms with van der Waals surface area (Å²) in [4.78, 5) is 1.55. The maximum absolute atomic E-state index is 13.5. The molecule has 1 fully saturated rings. The van der Waals surface area contributed by atoms with E-state index < -0.39 is 48.2 Å². The second-order valence-corrected chi connectivity index (χ2v) is 5.68. The van der Waals surface area contributed by atoms with Gasteiger partial charge in [-0.1, -0.05) is 0 Å². The molecule has 1 N–H and O–H groups in total. The smallest absolute Gasteiger partial charge is 0.314 e. The van der Waals surface area contributed by atoms with E-state index >= 15 is 0 Å². The number of hydrogen-bond acceptors (Lipinski definition) is 2. The lowest BCUT2D eigenvalue weighted by Crippen LogP contribution is -2.45. The molecule has 0 spiro atoms. The quantitative estimate of drug-likeness (QED) is 0.677. The molecule has 1 aromatic carbocycles. The van der Waals surface area contributed by atoms with Crippen LogP contribution in [-0.2, 0) is 6.18 Å². The summed E-state index contributed by atoms with van der Waals surface area (Å²) in [5.74, 6) is -0.898.